The zero-order valence-electron chi connectivity index (χ0n) is 25.7. The molecule has 0 aromatic rings. The van der Waals surface area contributed by atoms with Crippen LogP contribution in [0.15, 0.2) is 0 Å². The molecule has 2 heteroatoms. The Morgan fingerprint density at radius 2 is 0.611 bits per heavy atom. The first-order chi connectivity index (χ1) is 17.3. The number of hydrogen-bond donors (Lipinski definition) is 1. The second kappa shape index (κ2) is 36.0. The number of aliphatic hydroxyl groups is 1. The monoisotopic (exact) mass is 517 g/mol. The van der Waals surface area contributed by atoms with Crippen molar-refractivity contribution < 1.29 is 34.7 Å². The molecule has 0 spiro atoms. The van der Waals surface area contributed by atoms with E-state index in [-0.39, 0.29) is 35.7 Å². The molecule has 0 bridgehead atoms. The predicted octanol–water partition coefficient (Wildman–Crippen LogP) is 9.30. The van der Waals surface area contributed by atoms with Crippen molar-refractivity contribution in [2.45, 2.75) is 212 Å². The summed E-state index contributed by atoms with van der Waals surface area (Å²) in [5.41, 5.74) is 0. The Morgan fingerprint density at radius 3 is 0.861 bits per heavy atom. The molecule has 1 N–H and O–H groups in total. The fourth-order valence-corrected chi connectivity index (χ4v) is 5.40. The minimum absolute atomic E-state index is 0. The first kappa shape index (κ1) is 39.1. The molecule has 0 fully saturated rings. The molecule has 0 aliphatic heterocycles. The molecule has 0 saturated carbocycles. The molecule has 1 nitrogen and oxygen atoms in total. The van der Waals surface area contributed by atoms with Crippen molar-refractivity contribution in [1.82, 2.24) is 0 Å². The van der Waals surface area contributed by atoms with Crippen LogP contribution in [-0.4, -0.2) is 11.2 Å². The molecule has 0 heterocycles. The summed E-state index contributed by atoms with van der Waals surface area (Å²) in [5.74, 6) is 0. The Balaban J connectivity index is 0. The molecule has 0 aromatic heterocycles. The van der Waals surface area contributed by atoms with E-state index in [2.05, 4.69) is 13.8 Å². The molecule has 0 radical (unpaired) electrons. The fourth-order valence-electron chi connectivity index (χ4n) is 5.40. The van der Waals surface area contributed by atoms with Gasteiger partial charge in [0.15, 0.2) is 0 Å². The van der Waals surface area contributed by atoms with Gasteiger partial charge in [-0.25, -0.2) is 0 Å². The van der Waals surface area contributed by atoms with Crippen LogP contribution < -0.4 is 29.6 Å². The zero-order chi connectivity index (χ0) is 25.5. The molecule has 36 heavy (non-hydrogen) atoms. The van der Waals surface area contributed by atoms with Crippen LogP contribution in [-0.2, 0) is 0 Å². The Bertz CT molecular complexity index is 359. The van der Waals surface area contributed by atoms with Crippen molar-refractivity contribution in [1.29, 1.82) is 0 Å². The first-order valence-electron chi connectivity index (χ1n) is 16.8. The Morgan fingerprint density at radius 1 is 0.389 bits per heavy atom. The number of rotatable bonds is 31. The van der Waals surface area contributed by atoms with Gasteiger partial charge in [0, 0.05) is 0 Å². The average Bonchev–Trinajstić information content (AvgIpc) is 2.86. The van der Waals surface area contributed by atoms with Gasteiger partial charge in [0.25, 0.3) is 0 Å². The van der Waals surface area contributed by atoms with E-state index in [1.54, 1.807) is 0 Å². The van der Waals surface area contributed by atoms with E-state index < -0.39 is 0 Å². The summed E-state index contributed by atoms with van der Waals surface area (Å²) in [6.45, 7) is 6.21. The Labute approximate surface area is 252 Å². The molecule has 0 aromatic carbocycles. The number of hydrogen-bond acceptors (Lipinski definition) is 1. The van der Waals surface area contributed by atoms with E-state index in [1.807, 2.05) is 0 Å². The van der Waals surface area contributed by atoms with E-state index in [9.17, 15) is 5.11 Å². The second-order valence-corrected chi connectivity index (χ2v) is 11.6. The van der Waals surface area contributed by atoms with Crippen LogP contribution in [0.3, 0.4) is 0 Å². The van der Waals surface area contributed by atoms with Gasteiger partial charge < -0.3 is 12.0 Å². The van der Waals surface area contributed by atoms with Gasteiger partial charge in [0.2, 0.25) is 0 Å². The molecule has 1 atom stereocenters. The van der Waals surface area contributed by atoms with E-state index >= 15 is 0 Å². The molecule has 0 aliphatic carbocycles. The van der Waals surface area contributed by atoms with Gasteiger partial charge in [-0.05, 0) is 12.8 Å². The van der Waals surface area contributed by atoms with E-state index in [0.29, 0.717) is 0 Å². The molecule has 0 saturated heterocycles. The van der Waals surface area contributed by atoms with Crippen molar-refractivity contribution in [3.8, 4) is 0 Å². The van der Waals surface area contributed by atoms with Gasteiger partial charge in [0.05, 0.1) is 6.10 Å². The van der Waals surface area contributed by atoms with E-state index in [1.165, 1.54) is 180 Å². The smallest absolute Gasteiger partial charge is 0.393 e. The predicted molar refractivity (Wildman–Crippen MR) is 160 cm³/mol. The molecule has 1 unspecified atom stereocenters. The zero-order valence-corrected chi connectivity index (χ0v) is 27.7. The summed E-state index contributed by atoms with van der Waals surface area (Å²) < 4.78 is 0. The van der Waals surface area contributed by atoms with Gasteiger partial charge in [-0.3, -0.25) is 0 Å². The van der Waals surface area contributed by atoms with Gasteiger partial charge in [-0.2, -0.15) is 6.42 Å². The second-order valence-electron chi connectivity index (χ2n) is 11.6. The van der Waals surface area contributed by atoms with Gasteiger partial charge >= 0.3 is 29.6 Å². The number of aliphatic hydroxyl groups excluding tert-OH is 1. The van der Waals surface area contributed by atoms with Crippen LogP contribution >= 0.6 is 0 Å². The van der Waals surface area contributed by atoms with Crippen LogP contribution in [0.25, 0.3) is 0 Å². The molecular weight excluding hydrogens is 447 g/mol. The maximum absolute atomic E-state index is 10.2. The van der Waals surface area contributed by atoms with Crippen molar-refractivity contribution in [3.63, 3.8) is 0 Å². The normalized spacial score (nSPS) is 12.1. The van der Waals surface area contributed by atoms with Crippen LogP contribution in [0.1, 0.15) is 206 Å². The Kier molecular flexibility index (Phi) is 39.1. The summed E-state index contributed by atoms with van der Waals surface area (Å²) >= 11 is 0. The molecule has 0 amide bonds. The van der Waals surface area contributed by atoms with Crippen LogP contribution in [0, 0.1) is 6.92 Å². The summed E-state index contributed by atoms with van der Waals surface area (Å²) in [6, 6.07) is 0. The quantitative estimate of drug-likeness (QED) is 0.0553. The molecular formula is C34H69NaO. The van der Waals surface area contributed by atoms with Gasteiger partial charge in [-0.1, -0.05) is 187 Å². The van der Waals surface area contributed by atoms with Crippen LogP contribution in [0.2, 0.25) is 0 Å². The van der Waals surface area contributed by atoms with E-state index in [0.717, 1.165) is 19.3 Å². The third-order valence-electron chi connectivity index (χ3n) is 7.93. The summed E-state index contributed by atoms with van der Waals surface area (Å²) in [5, 5.41) is 10.2. The van der Waals surface area contributed by atoms with Crippen LogP contribution in [0.4, 0.5) is 0 Å². The molecule has 212 valence electrons. The van der Waals surface area contributed by atoms with Crippen molar-refractivity contribution >= 4 is 0 Å². The van der Waals surface area contributed by atoms with Crippen molar-refractivity contribution in [2.75, 3.05) is 0 Å². The van der Waals surface area contributed by atoms with Crippen LogP contribution in [0.5, 0.6) is 0 Å². The molecule has 0 rings (SSSR count). The summed E-state index contributed by atoms with van der Waals surface area (Å²) in [7, 11) is 0. The fraction of sp³-hybridized carbons (Fsp3) is 0.971. The number of unbranched alkanes of at least 4 members (excludes halogenated alkanes) is 27. The Hall–Kier alpha value is 0.960. The summed E-state index contributed by atoms with van der Waals surface area (Å²) in [4.78, 5) is 0. The minimum atomic E-state index is -0.0361. The standard InChI is InChI=1S/C34H69O.Na/c1-3-5-7-9-11-13-15-17-19-21-23-25-27-29-31-33-34(35)32-30-28-26-24-22-20-18-16-14-12-10-8-6-4-2;/h34-35H,1,3-33H2,2H3;/q-1;+1. The molecule has 0 aliphatic rings. The topological polar surface area (TPSA) is 20.2 Å². The van der Waals surface area contributed by atoms with Gasteiger partial charge in [-0.15, -0.1) is 0 Å². The largest absolute Gasteiger partial charge is 1.00 e. The maximum atomic E-state index is 10.2. The SMILES string of the molecule is [CH2-]CCCCCCCCCCCCCCCCC(O)CCCCCCCCCCCCCCCC.[Na+]. The summed E-state index contributed by atoms with van der Waals surface area (Å²) in [6.07, 6.45) is 42.4. The van der Waals surface area contributed by atoms with Gasteiger partial charge in [0.1, 0.15) is 0 Å². The van der Waals surface area contributed by atoms with Crippen molar-refractivity contribution in [2.24, 2.45) is 0 Å². The van der Waals surface area contributed by atoms with E-state index in [4.69, 9.17) is 0 Å². The first-order valence-corrected chi connectivity index (χ1v) is 16.8. The van der Waals surface area contributed by atoms with Crippen molar-refractivity contribution in [3.05, 3.63) is 6.92 Å². The third kappa shape index (κ3) is 35.0. The maximum Gasteiger partial charge on any atom is 1.00 e. The minimum Gasteiger partial charge on any atom is -0.393 e. The third-order valence-corrected chi connectivity index (χ3v) is 7.93. The average molecular weight is 517 g/mol.